The third-order valence-corrected chi connectivity index (χ3v) is 4.64. The topological polar surface area (TPSA) is 44.8 Å². The minimum absolute atomic E-state index is 0.375. The van der Waals surface area contributed by atoms with Crippen molar-refractivity contribution in [1.29, 1.82) is 0 Å². The second kappa shape index (κ2) is 6.61. The van der Waals surface area contributed by atoms with Crippen LogP contribution in [0.25, 0.3) is 11.4 Å². The molecule has 4 nitrogen and oxygen atoms in total. The molecule has 1 aromatic carbocycles. The molecular weight excluding hydrogens is 272 g/mol. The van der Waals surface area contributed by atoms with Gasteiger partial charge in [0.1, 0.15) is 5.82 Å². The Morgan fingerprint density at radius 3 is 2.27 bits per heavy atom. The lowest BCUT2D eigenvalue weighted by molar-refractivity contribution is 0.175. The predicted molar refractivity (Wildman–Crippen MR) is 89.7 cm³/mol. The van der Waals surface area contributed by atoms with Crippen molar-refractivity contribution in [2.45, 2.75) is 52.0 Å². The maximum atomic E-state index is 4.57. The molecule has 1 saturated heterocycles. The summed E-state index contributed by atoms with van der Waals surface area (Å²) in [5.41, 5.74) is 2.46. The smallest absolute Gasteiger partial charge is 0.181 e. The number of piperidine rings is 1. The lowest BCUT2D eigenvalue weighted by atomic mass is 10.0. The summed E-state index contributed by atoms with van der Waals surface area (Å²) in [6.07, 6.45) is 4.04. The SMILES string of the molecule is CC(C)c1nc(-c2ccc([C@@H](C)N3CCCCC3)cc2)n[nH]1. The molecule has 1 N–H and O–H groups in total. The molecule has 22 heavy (non-hydrogen) atoms. The van der Waals surface area contributed by atoms with Crippen LogP contribution in [-0.4, -0.2) is 33.2 Å². The van der Waals surface area contributed by atoms with Gasteiger partial charge in [0.15, 0.2) is 5.82 Å². The first-order chi connectivity index (χ1) is 10.6. The Hall–Kier alpha value is -1.68. The molecule has 2 aromatic rings. The van der Waals surface area contributed by atoms with Crippen molar-refractivity contribution in [3.05, 3.63) is 35.7 Å². The molecule has 3 rings (SSSR count). The number of likely N-dealkylation sites (tertiary alicyclic amines) is 1. The van der Waals surface area contributed by atoms with Crippen LogP contribution >= 0.6 is 0 Å². The van der Waals surface area contributed by atoms with E-state index in [1.165, 1.54) is 37.9 Å². The summed E-state index contributed by atoms with van der Waals surface area (Å²) in [6.45, 7) is 8.99. The van der Waals surface area contributed by atoms with Crippen LogP contribution in [0.3, 0.4) is 0 Å². The average molecular weight is 298 g/mol. The molecule has 1 aromatic heterocycles. The minimum Gasteiger partial charge on any atom is -0.297 e. The van der Waals surface area contributed by atoms with Crippen LogP contribution < -0.4 is 0 Å². The fourth-order valence-corrected chi connectivity index (χ4v) is 3.09. The fourth-order valence-electron chi connectivity index (χ4n) is 3.09. The molecular formula is C18H26N4. The quantitative estimate of drug-likeness (QED) is 0.922. The van der Waals surface area contributed by atoms with Gasteiger partial charge in [0.25, 0.3) is 0 Å². The van der Waals surface area contributed by atoms with E-state index in [1.807, 2.05) is 0 Å². The molecule has 0 amide bonds. The second-order valence-electron chi connectivity index (χ2n) is 6.59. The highest BCUT2D eigenvalue weighted by molar-refractivity contribution is 5.55. The molecule has 118 valence electrons. The number of hydrogen-bond donors (Lipinski definition) is 1. The molecule has 0 spiro atoms. The van der Waals surface area contributed by atoms with Crippen LogP contribution in [-0.2, 0) is 0 Å². The van der Waals surface area contributed by atoms with E-state index < -0.39 is 0 Å². The molecule has 0 aliphatic carbocycles. The summed E-state index contributed by atoms with van der Waals surface area (Å²) < 4.78 is 0. The summed E-state index contributed by atoms with van der Waals surface area (Å²) in [7, 11) is 0. The fraction of sp³-hybridized carbons (Fsp3) is 0.556. The standard InChI is InChI=1S/C18H26N4/c1-13(2)17-19-18(21-20-17)16-9-7-15(8-10-16)14(3)22-11-5-4-6-12-22/h7-10,13-14H,4-6,11-12H2,1-3H3,(H,19,20,21)/t14-/m1/s1. The molecule has 1 fully saturated rings. The Morgan fingerprint density at radius 2 is 1.68 bits per heavy atom. The van der Waals surface area contributed by atoms with E-state index in [-0.39, 0.29) is 0 Å². The van der Waals surface area contributed by atoms with Crippen molar-refractivity contribution >= 4 is 0 Å². The van der Waals surface area contributed by atoms with Crippen molar-refractivity contribution in [3.63, 3.8) is 0 Å². The molecule has 1 aliphatic rings. The minimum atomic E-state index is 0.375. The lowest BCUT2D eigenvalue weighted by Crippen LogP contribution is -2.32. The van der Waals surface area contributed by atoms with Gasteiger partial charge in [-0.3, -0.25) is 10.00 Å². The first kappa shape index (κ1) is 15.2. The highest BCUT2D eigenvalue weighted by Gasteiger charge is 2.18. The van der Waals surface area contributed by atoms with Gasteiger partial charge in [-0.05, 0) is 38.4 Å². The van der Waals surface area contributed by atoms with Gasteiger partial charge in [-0.2, -0.15) is 5.10 Å². The van der Waals surface area contributed by atoms with Crippen LogP contribution in [0.15, 0.2) is 24.3 Å². The third-order valence-electron chi connectivity index (χ3n) is 4.64. The Bertz CT molecular complexity index is 594. The van der Waals surface area contributed by atoms with E-state index in [0.29, 0.717) is 12.0 Å². The van der Waals surface area contributed by atoms with Gasteiger partial charge < -0.3 is 0 Å². The van der Waals surface area contributed by atoms with Crippen LogP contribution in [0.1, 0.15) is 63.4 Å². The molecule has 2 heterocycles. The van der Waals surface area contributed by atoms with Gasteiger partial charge in [-0.1, -0.05) is 44.5 Å². The van der Waals surface area contributed by atoms with Crippen LogP contribution in [0.4, 0.5) is 0 Å². The molecule has 0 unspecified atom stereocenters. The summed E-state index contributed by atoms with van der Waals surface area (Å²) in [5, 5.41) is 7.35. The monoisotopic (exact) mass is 298 g/mol. The van der Waals surface area contributed by atoms with Gasteiger partial charge in [-0.25, -0.2) is 4.98 Å². The molecule has 1 atom stereocenters. The summed E-state index contributed by atoms with van der Waals surface area (Å²) in [5.74, 6) is 2.11. The van der Waals surface area contributed by atoms with Gasteiger partial charge in [0.05, 0.1) is 0 Å². The van der Waals surface area contributed by atoms with Crippen molar-refractivity contribution < 1.29 is 0 Å². The summed E-state index contributed by atoms with van der Waals surface area (Å²) in [6, 6.07) is 9.22. The van der Waals surface area contributed by atoms with Crippen LogP contribution in [0.2, 0.25) is 0 Å². The summed E-state index contributed by atoms with van der Waals surface area (Å²) in [4.78, 5) is 7.15. The number of benzene rings is 1. The largest absolute Gasteiger partial charge is 0.297 e. The number of hydrogen-bond acceptors (Lipinski definition) is 3. The first-order valence-electron chi connectivity index (χ1n) is 8.42. The van der Waals surface area contributed by atoms with E-state index in [1.54, 1.807) is 0 Å². The Balaban J connectivity index is 1.74. The van der Waals surface area contributed by atoms with E-state index in [4.69, 9.17) is 0 Å². The highest BCUT2D eigenvalue weighted by atomic mass is 15.2. The number of nitrogens with one attached hydrogen (secondary N) is 1. The Morgan fingerprint density at radius 1 is 1.00 bits per heavy atom. The van der Waals surface area contributed by atoms with E-state index in [9.17, 15) is 0 Å². The zero-order chi connectivity index (χ0) is 15.5. The van der Waals surface area contributed by atoms with E-state index in [0.717, 1.165) is 17.2 Å². The van der Waals surface area contributed by atoms with E-state index in [2.05, 4.69) is 65.1 Å². The number of aromatic nitrogens is 3. The second-order valence-corrected chi connectivity index (χ2v) is 6.59. The average Bonchev–Trinajstić information content (AvgIpc) is 3.05. The third kappa shape index (κ3) is 3.22. The molecule has 1 aliphatic heterocycles. The van der Waals surface area contributed by atoms with E-state index >= 15 is 0 Å². The van der Waals surface area contributed by atoms with Gasteiger partial charge >= 0.3 is 0 Å². The predicted octanol–water partition coefficient (Wildman–Crippen LogP) is 4.14. The van der Waals surface area contributed by atoms with Gasteiger partial charge in [-0.15, -0.1) is 0 Å². The first-order valence-corrected chi connectivity index (χ1v) is 8.42. The van der Waals surface area contributed by atoms with Gasteiger partial charge in [0.2, 0.25) is 0 Å². The maximum Gasteiger partial charge on any atom is 0.181 e. The highest BCUT2D eigenvalue weighted by Crippen LogP contribution is 2.26. The molecule has 4 heteroatoms. The maximum absolute atomic E-state index is 4.57. The number of nitrogens with zero attached hydrogens (tertiary/aromatic N) is 3. The number of aromatic amines is 1. The molecule has 0 saturated carbocycles. The zero-order valence-corrected chi connectivity index (χ0v) is 13.8. The lowest BCUT2D eigenvalue weighted by Gasteiger charge is -2.32. The number of rotatable bonds is 4. The van der Waals surface area contributed by atoms with Crippen molar-refractivity contribution in [1.82, 2.24) is 20.1 Å². The van der Waals surface area contributed by atoms with Crippen molar-refractivity contribution in [2.24, 2.45) is 0 Å². The Labute approximate surface area is 133 Å². The zero-order valence-electron chi connectivity index (χ0n) is 13.8. The van der Waals surface area contributed by atoms with Crippen molar-refractivity contribution in [3.8, 4) is 11.4 Å². The normalized spacial score (nSPS) is 17.8. The Kier molecular flexibility index (Phi) is 4.57. The molecule has 0 bridgehead atoms. The number of H-pyrrole nitrogens is 1. The van der Waals surface area contributed by atoms with Crippen LogP contribution in [0.5, 0.6) is 0 Å². The van der Waals surface area contributed by atoms with Crippen LogP contribution in [0, 0.1) is 0 Å². The van der Waals surface area contributed by atoms with Gasteiger partial charge in [0, 0.05) is 17.5 Å². The summed E-state index contributed by atoms with van der Waals surface area (Å²) >= 11 is 0. The molecule has 0 radical (unpaired) electrons. The van der Waals surface area contributed by atoms with Crippen molar-refractivity contribution in [2.75, 3.05) is 13.1 Å².